The lowest BCUT2D eigenvalue weighted by atomic mass is 9.84. The molecule has 1 aliphatic carbocycles. The highest BCUT2D eigenvalue weighted by Crippen LogP contribution is 2.30. The van der Waals surface area contributed by atoms with E-state index in [-0.39, 0.29) is 13.0 Å². The quantitative estimate of drug-likeness (QED) is 0.167. The second-order valence-corrected chi connectivity index (χ2v) is 8.88. The first-order valence-electron chi connectivity index (χ1n) is 10.9. The van der Waals surface area contributed by atoms with Gasteiger partial charge in [-0.05, 0) is 6.42 Å². The Balaban J connectivity index is 1.72. The van der Waals surface area contributed by atoms with Gasteiger partial charge in [0.2, 0.25) is 0 Å². The molecule has 0 spiro atoms. The SMILES string of the molecule is NCC1O[C@@H](OC2C(N)CC(N)[C@H](OC3O[C@@H](CO)C(O)[C@H](N)[C@H]3O)[C@H]2O)C(N)[C@@H](O)[C@H]1O. The van der Waals surface area contributed by atoms with Crippen molar-refractivity contribution >= 4 is 0 Å². The Kier molecular flexibility index (Phi) is 8.99. The van der Waals surface area contributed by atoms with Crippen LogP contribution in [0.4, 0.5) is 0 Å². The molecule has 194 valence electrons. The van der Waals surface area contributed by atoms with Gasteiger partial charge in [-0.25, -0.2) is 0 Å². The van der Waals surface area contributed by atoms with E-state index in [1.165, 1.54) is 0 Å². The summed E-state index contributed by atoms with van der Waals surface area (Å²) in [6.45, 7) is -0.694. The van der Waals surface area contributed by atoms with Crippen LogP contribution in [0.15, 0.2) is 0 Å². The summed E-state index contributed by atoms with van der Waals surface area (Å²) < 4.78 is 22.5. The maximum Gasteiger partial charge on any atom is 0.186 e. The van der Waals surface area contributed by atoms with Gasteiger partial charge in [-0.3, -0.25) is 0 Å². The molecule has 2 aliphatic heterocycles. The van der Waals surface area contributed by atoms with Gasteiger partial charge < -0.3 is 78.3 Å². The lowest BCUT2D eigenvalue weighted by Gasteiger charge is -2.48. The third-order valence-electron chi connectivity index (χ3n) is 6.56. The van der Waals surface area contributed by atoms with E-state index in [0.717, 1.165) is 0 Å². The number of nitrogens with two attached hydrogens (primary N) is 5. The van der Waals surface area contributed by atoms with Crippen molar-refractivity contribution < 1.29 is 49.6 Å². The van der Waals surface area contributed by atoms with E-state index in [4.69, 9.17) is 47.6 Å². The number of hydrogen-bond donors (Lipinski definition) is 11. The number of rotatable bonds is 6. The summed E-state index contributed by atoms with van der Waals surface area (Å²) in [6, 6.07) is -3.92. The summed E-state index contributed by atoms with van der Waals surface area (Å²) in [5, 5.41) is 60.9. The maximum atomic E-state index is 11.0. The average Bonchev–Trinajstić information content (AvgIpc) is 2.79. The third-order valence-corrected chi connectivity index (χ3v) is 6.56. The molecule has 16 N–H and O–H groups in total. The fourth-order valence-electron chi connectivity index (χ4n) is 4.45. The number of aliphatic hydroxyl groups excluding tert-OH is 6. The maximum absolute atomic E-state index is 11.0. The van der Waals surface area contributed by atoms with Gasteiger partial charge in [-0.1, -0.05) is 0 Å². The minimum Gasteiger partial charge on any atom is -0.394 e. The minimum atomic E-state index is -1.48. The summed E-state index contributed by atoms with van der Waals surface area (Å²) in [5.74, 6) is 0. The van der Waals surface area contributed by atoms with Gasteiger partial charge >= 0.3 is 0 Å². The predicted octanol–water partition coefficient (Wildman–Crippen LogP) is -7.33. The van der Waals surface area contributed by atoms with E-state index in [9.17, 15) is 30.6 Å². The van der Waals surface area contributed by atoms with Crippen molar-refractivity contribution in [2.75, 3.05) is 13.2 Å². The van der Waals surface area contributed by atoms with E-state index < -0.39 is 98.3 Å². The van der Waals surface area contributed by atoms with E-state index in [1.807, 2.05) is 0 Å². The predicted molar refractivity (Wildman–Crippen MR) is 110 cm³/mol. The minimum absolute atomic E-state index is 0.115. The van der Waals surface area contributed by atoms with Crippen molar-refractivity contribution in [3.63, 3.8) is 0 Å². The molecule has 0 radical (unpaired) electrons. The number of aliphatic hydroxyl groups is 6. The van der Waals surface area contributed by atoms with Crippen LogP contribution in [0.1, 0.15) is 6.42 Å². The fraction of sp³-hybridized carbons (Fsp3) is 1.00. The zero-order valence-corrected chi connectivity index (χ0v) is 18.0. The van der Waals surface area contributed by atoms with Gasteiger partial charge in [0.1, 0.15) is 54.9 Å². The average molecular weight is 484 g/mol. The smallest absolute Gasteiger partial charge is 0.186 e. The zero-order chi connectivity index (χ0) is 24.6. The molecule has 2 heterocycles. The Morgan fingerprint density at radius 1 is 0.667 bits per heavy atom. The van der Waals surface area contributed by atoms with Crippen molar-refractivity contribution in [3.8, 4) is 0 Å². The highest BCUT2D eigenvalue weighted by atomic mass is 16.7. The normalized spacial score (nSPS) is 53.7. The van der Waals surface area contributed by atoms with Crippen molar-refractivity contribution in [1.29, 1.82) is 0 Å². The van der Waals surface area contributed by atoms with E-state index >= 15 is 0 Å². The molecule has 7 unspecified atom stereocenters. The fourth-order valence-corrected chi connectivity index (χ4v) is 4.45. The van der Waals surface area contributed by atoms with Crippen LogP contribution in [0.5, 0.6) is 0 Å². The van der Waals surface area contributed by atoms with Gasteiger partial charge in [-0.15, -0.1) is 0 Å². The van der Waals surface area contributed by atoms with Crippen molar-refractivity contribution in [2.45, 2.75) is 98.1 Å². The third kappa shape index (κ3) is 5.32. The van der Waals surface area contributed by atoms with E-state index in [0.29, 0.717) is 0 Å². The van der Waals surface area contributed by atoms with Crippen LogP contribution in [0.2, 0.25) is 0 Å². The molecular formula is C18H37N5O10. The summed E-state index contributed by atoms with van der Waals surface area (Å²) in [5.41, 5.74) is 29.6. The zero-order valence-electron chi connectivity index (χ0n) is 18.0. The van der Waals surface area contributed by atoms with Crippen molar-refractivity contribution in [2.24, 2.45) is 28.7 Å². The van der Waals surface area contributed by atoms with Crippen molar-refractivity contribution in [1.82, 2.24) is 0 Å². The first-order valence-corrected chi connectivity index (χ1v) is 10.9. The molecule has 3 rings (SSSR count). The summed E-state index contributed by atoms with van der Waals surface area (Å²) in [4.78, 5) is 0. The van der Waals surface area contributed by atoms with E-state index in [2.05, 4.69) is 0 Å². The standard InChI is InChI=1S/C18H37N5O10/c19-2-6-11(26)12(27)9(23)17(30-6)32-15-4(20)1-5(21)16(14(15)29)33-18-13(28)8(22)10(25)7(3-24)31-18/h4-18,24-29H,1-3,19-23H2/t4?,5?,6?,7-,8-,9?,10?,11-,12+,13+,14-,15?,16-,17-,18?/m0/s1. The Hall–Kier alpha value is -0.600. The second kappa shape index (κ2) is 11.0. The van der Waals surface area contributed by atoms with E-state index in [1.54, 1.807) is 0 Å². The van der Waals surface area contributed by atoms with Gasteiger partial charge in [-0.2, -0.15) is 0 Å². The second-order valence-electron chi connectivity index (χ2n) is 8.88. The highest BCUT2D eigenvalue weighted by Gasteiger charge is 2.51. The van der Waals surface area contributed by atoms with Crippen LogP contribution >= 0.6 is 0 Å². The summed E-state index contributed by atoms with van der Waals surface area (Å²) >= 11 is 0. The molecule has 2 saturated heterocycles. The van der Waals surface area contributed by atoms with Crippen LogP contribution in [0, 0.1) is 0 Å². The highest BCUT2D eigenvalue weighted by molar-refractivity contribution is 5.01. The lowest BCUT2D eigenvalue weighted by Crippen LogP contribution is -2.69. The number of hydrogen-bond acceptors (Lipinski definition) is 15. The molecule has 0 bridgehead atoms. The summed E-state index contributed by atoms with van der Waals surface area (Å²) in [6.07, 6.45) is -13.9. The molecule has 0 aromatic carbocycles. The molecule has 0 aromatic heterocycles. The molecule has 15 nitrogen and oxygen atoms in total. The Morgan fingerprint density at radius 3 is 1.76 bits per heavy atom. The van der Waals surface area contributed by atoms with Gasteiger partial charge in [0.15, 0.2) is 12.6 Å². The first kappa shape index (κ1) is 27.0. The Morgan fingerprint density at radius 2 is 1.21 bits per heavy atom. The van der Waals surface area contributed by atoms with Crippen LogP contribution < -0.4 is 28.7 Å². The molecule has 15 atom stereocenters. The topological polar surface area (TPSA) is 288 Å². The molecular weight excluding hydrogens is 446 g/mol. The molecule has 15 heteroatoms. The molecule has 1 saturated carbocycles. The van der Waals surface area contributed by atoms with Gasteiger partial charge in [0.05, 0.1) is 18.7 Å². The number of ether oxygens (including phenoxy) is 4. The van der Waals surface area contributed by atoms with Crippen molar-refractivity contribution in [3.05, 3.63) is 0 Å². The Labute approximate surface area is 190 Å². The molecule has 0 aromatic rings. The van der Waals surface area contributed by atoms with Crippen LogP contribution in [0.25, 0.3) is 0 Å². The van der Waals surface area contributed by atoms with Crippen LogP contribution in [-0.2, 0) is 18.9 Å². The van der Waals surface area contributed by atoms with Crippen LogP contribution in [0.3, 0.4) is 0 Å². The monoisotopic (exact) mass is 483 g/mol. The molecule has 3 fully saturated rings. The largest absolute Gasteiger partial charge is 0.394 e. The molecule has 33 heavy (non-hydrogen) atoms. The lowest BCUT2D eigenvalue weighted by molar-refractivity contribution is -0.318. The van der Waals surface area contributed by atoms with Gasteiger partial charge in [0, 0.05) is 18.6 Å². The summed E-state index contributed by atoms with van der Waals surface area (Å²) in [7, 11) is 0. The van der Waals surface area contributed by atoms with Gasteiger partial charge in [0.25, 0.3) is 0 Å². The molecule has 3 aliphatic rings. The first-order chi connectivity index (χ1) is 15.5. The van der Waals surface area contributed by atoms with Crippen LogP contribution in [-0.4, -0.2) is 135 Å². The molecule has 0 amide bonds. The Bertz CT molecular complexity index is 585.